The van der Waals surface area contributed by atoms with Crippen LogP contribution in [0.2, 0.25) is 0 Å². The van der Waals surface area contributed by atoms with Crippen LogP contribution < -0.4 is 4.90 Å². The number of hydrogen-bond acceptors (Lipinski definition) is 5. The number of nitrogens with zero attached hydrogens (tertiary/aromatic N) is 3. The van der Waals surface area contributed by atoms with Crippen molar-refractivity contribution in [2.45, 2.75) is 6.42 Å². The van der Waals surface area contributed by atoms with Gasteiger partial charge in [-0.05, 0) is 42.8 Å². The Morgan fingerprint density at radius 3 is 2.59 bits per heavy atom. The quantitative estimate of drug-likeness (QED) is 0.581. The third kappa shape index (κ3) is 5.30. The minimum absolute atomic E-state index is 0. The van der Waals surface area contributed by atoms with E-state index in [2.05, 4.69) is 9.88 Å². The summed E-state index contributed by atoms with van der Waals surface area (Å²) in [5.41, 5.74) is 1.35. The molecule has 29 heavy (non-hydrogen) atoms. The van der Waals surface area contributed by atoms with Gasteiger partial charge in [-0.3, -0.25) is 14.6 Å². The Labute approximate surface area is 179 Å². The molecule has 0 unspecified atom stereocenters. The second-order valence-corrected chi connectivity index (χ2v) is 7.74. The fourth-order valence-electron chi connectivity index (χ4n) is 3.29. The third-order valence-corrected chi connectivity index (χ3v) is 5.87. The van der Waals surface area contributed by atoms with Crippen LogP contribution in [0.1, 0.15) is 16.8 Å². The third-order valence-electron chi connectivity index (χ3n) is 4.81. The molecule has 5 nitrogen and oxygen atoms in total. The largest absolute Gasteiger partial charge is 0.379 e. The van der Waals surface area contributed by atoms with Crippen LogP contribution in [0.4, 0.5) is 9.52 Å². The first-order valence-corrected chi connectivity index (χ1v) is 10.3. The van der Waals surface area contributed by atoms with Crippen molar-refractivity contribution in [3.63, 3.8) is 0 Å². The molecule has 3 aromatic rings. The minimum Gasteiger partial charge on any atom is -0.379 e. The lowest BCUT2D eigenvalue weighted by Gasteiger charge is -2.27. The first-order valence-electron chi connectivity index (χ1n) is 9.44. The van der Waals surface area contributed by atoms with Crippen LogP contribution in [0, 0.1) is 5.82 Å². The summed E-state index contributed by atoms with van der Waals surface area (Å²) in [6, 6.07) is 13.6. The van der Waals surface area contributed by atoms with Crippen LogP contribution in [-0.2, 0) is 4.74 Å². The summed E-state index contributed by atoms with van der Waals surface area (Å²) in [7, 11) is 0. The van der Waals surface area contributed by atoms with Gasteiger partial charge in [-0.15, -0.1) is 12.4 Å². The molecule has 0 radical (unpaired) electrons. The molecule has 8 heteroatoms. The van der Waals surface area contributed by atoms with Gasteiger partial charge in [-0.2, -0.15) is 0 Å². The molecule has 2 heterocycles. The first kappa shape index (κ1) is 21.6. The monoisotopic (exact) mass is 435 g/mol. The Morgan fingerprint density at radius 1 is 1.14 bits per heavy atom. The van der Waals surface area contributed by atoms with Crippen molar-refractivity contribution in [3.05, 3.63) is 59.9 Å². The maximum absolute atomic E-state index is 13.3. The summed E-state index contributed by atoms with van der Waals surface area (Å²) in [5, 5.41) is 0.678. The number of aromatic nitrogens is 1. The highest BCUT2D eigenvalue weighted by Crippen LogP contribution is 2.29. The second kappa shape index (κ2) is 10.1. The van der Waals surface area contributed by atoms with E-state index >= 15 is 0 Å². The Kier molecular flexibility index (Phi) is 7.55. The van der Waals surface area contributed by atoms with Crippen molar-refractivity contribution in [2.24, 2.45) is 0 Å². The number of carbonyl (C=O) groups is 1. The van der Waals surface area contributed by atoms with Gasteiger partial charge < -0.3 is 4.74 Å². The summed E-state index contributed by atoms with van der Waals surface area (Å²) in [5.74, 6) is -0.503. The molecule has 0 N–H and O–H groups in total. The van der Waals surface area contributed by atoms with Gasteiger partial charge in [0.25, 0.3) is 5.91 Å². The highest BCUT2D eigenvalue weighted by atomic mass is 35.5. The summed E-state index contributed by atoms with van der Waals surface area (Å²) < 4.78 is 19.7. The smallest absolute Gasteiger partial charge is 0.260 e. The predicted molar refractivity (Wildman–Crippen MR) is 117 cm³/mol. The van der Waals surface area contributed by atoms with E-state index in [4.69, 9.17) is 4.74 Å². The lowest BCUT2D eigenvalue weighted by molar-refractivity contribution is 0.0376. The zero-order valence-corrected chi connectivity index (χ0v) is 17.6. The highest BCUT2D eigenvalue weighted by Gasteiger charge is 2.22. The number of amides is 1. The lowest BCUT2D eigenvalue weighted by atomic mass is 10.2. The van der Waals surface area contributed by atoms with Gasteiger partial charge in [-0.25, -0.2) is 9.37 Å². The number of carbonyl (C=O) groups excluding carboxylic acids is 1. The Hall–Kier alpha value is -2.06. The summed E-state index contributed by atoms with van der Waals surface area (Å²) in [6.45, 7) is 4.83. The molecule has 154 valence electrons. The number of rotatable bonds is 6. The molecule has 0 bridgehead atoms. The number of anilines is 1. The summed E-state index contributed by atoms with van der Waals surface area (Å²) in [6.07, 6.45) is 0.836. The van der Waals surface area contributed by atoms with Crippen LogP contribution in [0.3, 0.4) is 0 Å². The average Bonchev–Trinajstić information content (AvgIpc) is 3.16. The average molecular weight is 436 g/mol. The van der Waals surface area contributed by atoms with Crippen molar-refractivity contribution in [1.82, 2.24) is 9.88 Å². The van der Waals surface area contributed by atoms with E-state index in [0.29, 0.717) is 17.2 Å². The normalized spacial score (nSPS) is 14.5. The van der Waals surface area contributed by atoms with Crippen LogP contribution in [0.5, 0.6) is 0 Å². The Balaban J connectivity index is 0.00000240. The molecule has 4 rings (SSSR count). The maximum Gasteiger partial charge on any atom is 0.260 e. The van der Waals surface area contributed by atoms with Crippen LogP contribution >= 0.6 is 23.7 Å². The van der Waals surface area contributed by atoms with Crippen molar-refractivity contribution in [2.75, 3.05) is 44.3 Å². The number of halogens is 2. The van der Waals surface area contributed by atoms with Crippen LogP contribution in [-0.4, -0.2) is 55.2 Å². The van der Waals surface area contributed by atoms with E-state index in [9.17, 15) is 9.18 Å². The van der Waals surface area contributed by atoms with E-state index in [-0.39, 0.29) is 24.1 Å². The molecule has 2 aromatic carbocycles. The van der Waals surface area contributed by atoms with Crippen molar-refractivity contribution in [3.8, 4) is 0 Å². The van der Waals surface area contributed by atoms with Crippen molar-refractivity contribution in [1.29, 1.82) is 0 Å². The maximum atomic E-state index is 13.3. The molecule has 0 atom stereocenters. The van der Waals surface area contributed by atoms with Crippen LogP contribution in [0.15, 0.2) is 48.5 Å². The van der Waals surface area contributed by atoms with E-state index in [1.54, 1.807) is 4.90 Å². The standard InChI is InChI=1S/C21H22FN3O2S.ClH/c22-17-8-6-16(7-9-17)20(26)25(11-3-10-24-12-14-27-15-13-24)21-23-18-4-1-2-5-19(18)28-21;/h1-2,4-9H,3,10-15H2;1H. The number of fused-ring (bicyclic) bond motifs is 1. The van der Waals surface area contributed by atoms with E-state index in [0.717, 1.165) is 49.5 Å². The van der Waals surface area contributed by atoms with E-state index < -0.39 is 0 Å². The molecule has 0 aliphatic carbocycles. The van der Waals surface area contributed by atoms with Crippen molar-refractivity contribution < 1.29 is 13.9 Å². The number of thiazole rings is 1. The number of benzene rings is 2. The van der Waals surface area contributed by atoms with E-state index in [1.165, 1.54) is 35.6 Å². The Morgan fingerprint density at radius 2 is 1.86 bits per heavy atom. The van der Waals surface area contributed by atoms with Crippen LogP contribution in [0.25, 0.3) is 10.2 Å². The molecule has 1 saturated heterocycles. The van der Waals surface area contributed by atoms with Gasteiger partial charge in [0.15, 0.2) is 5.13 Å². The SMILES string of the molecule is Cl.O=C(c1ccc(F)cc1)N(CCCN1CCOCC1)c1nc2ccccc2s1. The molecule has 0 spiro atoms. The predicted octanol–water partition coefficient (Wildman–Crippen LogP) is 4.23. The topological polar surface area (TPSA) is 45.7 Å². The first-order chi connectivity index (χ1) is 13.7. The molecule has 1 fully saturated rings. The fraction of sp³-hybridized carbons (Fsp3) is 0.333. The molecule has 1 amide bonds. The zero-order valence-electron chi connectivity index (χ0n) is 15.9. The van der Waals surface area contributed by atoms with E-state index in [1.807, 2.05) is 24.3 Å². The second-order valence-electron chi connectivity index (χ2n) is 6.74. The molecule has 1 aliphatic heterocycles. The lowest BCUT2D eigenvalue weighted by Crippen LogP contribution is -2.39. The van der Waals surface area contributed by atoms with Gasteiger partial charge in [-0.1, -0.05) is 23.5 Å². The molecular formula is C21H23ClFN3O2S. The van der Waals surface area contributed by atoms with Gasteiger partial charge in [0.2, 0.25) is 0 Å². The highest BCUT2D eigenvalue weighted by molar-refractivity contribution is 7.22. The fourth-order valence-corrected chi connectivity index (χ4v) is 4.28. The Bertz CT molecular complexity index is 912. The minimum atomic E-state index is -0.351. The molecule has 0 saturated carbocycles. The van der Waals surface area contributed by atoms with Gasteiger partial charge in [0, 0.05) is 31.7 Å². The molecule has 1 aromatic heterocycles. The zero-order chi connectivity index (χ0) is 19.3. The number of morpholine rings is 1. The summed E-state index contributed by atoms with van der Waals surface area (Å²) >= 11 is 1.50. The molecular weight excluding hydrogens is 413 g/mol. The van der Waals surface area contributed by atoms with Gasteiger partial charge >= 0.3 is 0 Å². The van der Waals surface area contributed by atoms with Crippen molar-refractivity contribution >= 4 is 45.0 Å². The number of para-hydroxylation sites is 1. The van der Waals surface area contributed by atoms with Gasteiger partial charge in [0.1, 0.15) is 5.82 Å². The number of ether oxygens (including phenoxy) is 1. The van der Waals surface area contributed by atoms with Gasteiger partial charge in [0.05, 0.1) is 23.4 Å². The molecule has 1 aliphatic rings. The summed E-state index contributed by atoms with van der Waals surface area (Å²) in [4.78, 5) is 21.9. The number of hydrogen-bond donors (Lipinski definition) is 0.